The highest BCUT2D eigenvalue weighted by atomic mass is 16.6. The third-order valence-corrected chi connectivity index (χ3v) is 2.94. The highest BCUT2D eigenvalue weighted by molar-refractivity contribution is 5.85. The quantitative estimate of drug-likeness (QED) is 0.743. The van der Waals surface area contributed by atoms with Crippen molar-refractivity contribution in [3.8, 4) is 0 Å². The van der Waals surface area contributed by atoms with Crippen LogP contribution in [0.5, 0.6) is 0 Å². The number of ether oxygens (including phenoxy) is 2. The number of amides is 1. The number of carbonyl (C=O) groups excluding carboxylic acids is 2. The first-order chi connectivity index (χ1) is 12.3. The summed E-state index contributed by atoms with van der Waals surface area (Å²) in [6.07, 6.45) is -0.580. The Labute approximate surface area is 162 Å². The molecule has 0 bridgehead atoms. The molecule has 1 aromatic heterocycles. The number of aryl methyl sites for hydroxylation is 1. The molecule has 27 heavy (non-hydrogen) atoms. The number of aliphatic hydroxyl groups excluding tert-OH is 1. The van der Waals surface area contributed by atoms with Crippen molar-refractivity contribution in [2.75, 3.05) is 5.32 Å². The Kier molecular flexibility index (Phi) is 9.44. The molecule has 1 heterocycles. The number of esters is 1. The average molecular weight is 383 g/mol. The number of rotatable bonds is 4. The summed E-state index contributed by atoms with van der Waals surface area (Å²) in [5.41, 5.74) is -0.252. The fourth-order valence-corrected chi connectivity index (χ4v) is 2.13. The van der Waals surface area contributed by atoms with Crippen LogP contribution < -0.4 is 5.32 Å². The van der Waals surface area contributed by atoms with E-state index in [4.69, 9.17) is 9.47 Å². The van der Waals surface area contributed by atoms with Crippen LogP contribution in [0.15, 0.2) is 12.3 Å². The van der Waals surface area contributed by atoms with Gasteiger partial charge in [-0.15, -0.1) is 0 Å². The van der Waals surface area contributed by atoms with Crippen LogP contribution in [0, 0.1) is 6.92 Å². The maximum atomic E-state index is 12.0. The van der Waals surface area contributed by atoms with Gasteiger partial charge >= 0.3 is 12.1 Å². The van der Waals surface area contributed by atoms with Gasteiger partial charge in [-0.2, -0.15) is 0 Å². The van der Waals surface area contributed by atoms with Crippen molar-refractivity contribution < 1.29 is 24.2 Å². The second-order valence-electron chi connectivity index (χ2n) is 7.82. The van der Waals surface area contributed by atoms with Gasteiger partial charge in [0.2, 0.25) is 0 Å². The van der Waals surface area contributed by atoms with E-state index in [0.29, 0.717) is 11.1 Å². The lowest BCUT2D eigenvalue weighted by Crippen LogP contribution is -2.28. The Morgan fingerprint density at radius 2 is 1.63 bits per heavy atom. The summed E-state index contributed by atoms with van der Waals surface area (Å²) in [4.78, 5) is 28.0. The van der Waals surface area contributed by atoms with Gasteiger partial charge in [-0.25, -0.2) is 9.78 Å². The maximum Gasteiger partial charge on any atom is 0.413 e. The topological polar surface area (TPSA) is 97.8 Å². The summed E-state index contributed by atoms with van der Waals surface area (Å²) in [5, 5.41) is 13.0. The molecule has 154 valence electrons. The van der Waals surface area contributed by atoms with Gasteiger partial charge in [0, 0.05) is 11.8 Å². The molecule has 1 amide bonds. The Morgan fingerprint density at radius 1 is 1.11 bits per heavy atom. The van der Waals surface area contributed by atoms with Gasteiger partial charge in [-0.1, -0.05) is 13.8 Å². The van der Waals surface area contributed by atoms with E-state index in [1.54, 1.807) is 54.5 Å². The molecular formula is C20H34N2O5. The Morgan fingerprint density at radius 3 is 2.11 bits per heavy atom. The van der Waals surface area contributed by atoms with E-state index in [2.05, 4.69) is 10.3 Å². The summed E-state index contributed by atoms with van der Waals surface area (Å²) in [6, 6.07) is 1.69. The van der Waals surface area contributed by atoms with Crippen molar-refractivity contribution in [2.45, 2.75) is 86.0 Å². The van der Waals surface area contributed by atoms with Crippen molar-refractivity contribution in [1.82, 2.24) is 4.98 Å². The van der Waals surface area contributed by atoms with Gasteiger partial charge in [-0.3, -0.25) is 10.1 Å². The van der Waals surface area contributed by atoms with E-state index in [9.17, 15) is 14.7 Å². The zero-order valence-electron chi connectivity index (χ0n) is 18.0. The molecule has 0 aliphatic heterocycles. The predicted molar refractivity (Wildman–Crippen MR) is 106 cm³/mol. The molecule has 1 atom stereocenters. The monoisotopic (exact) mass is 382 g/mol. The Hall–Kier alpha value is -2.15. The summed E-state index contributed by atoms with van der Waals surface area (Å²) < 4.78 is 10.4. The number of hydrogen-bond donors (Lipinski definition) is 2. The molecule has 0 aromatic carbocycles. The standard InChI is InChI=1S/C18H28N2O5.C2H6/c1-11-8-9-19-15(20-16(23)25-18(5,6)7)14(11)12(21)10-13(22)24-17(2,3)4;1-2/h8-9,12,21H,10H2,1-7H3,(H,19,20,23);1-2H3. The maximum absolute atomic E-state index is 12.0. The smallest absolute Gasteiger partial charge is 0.413 e. The van der Waals surface area contributed by atoms with E-state index in [-0.39, 0.29) is 12.2 Å². The number of nitrogens with zero attached hydrogens (tertiary/aromatic N) is 1. The normalized spacial score (nSPS) is 12.4. The number of anilines is 1. The van der Waals surface area contributed by atoms with Gasteiger partial charge < -0.3 is 14.6 Å². The van der Waals surface area contributed by atoms with Crippen LogP contribution in [-0.4, -0.2) is 33.4 Å². The third-order valence-electron chi connectivity index (χ3n) is 2.94. The molecule has 7 nitrogen and oxygen atoms in total. The Bertz CT molecular complexity index is 630. The van der Waals surface area contributed by atoms with Gasteiger partial charge in [0.05, 0.1) is 12.5 Å². The predicted octanol–water partition coefficient (Wildman–Crippen LogP) is 4.53. The van der Waals surface area contributed by atoms with Crippen molar-refractivity contribution >= 4 is 17.9 Å². The summed E-state index contributed by atoms with van der Waals surface area (Å²) in [7, 11) is 0. The van der Waals surface area contributed by atoms with E-state index in [1.165, 1.54) is 6.20 Å². The zero-order chi connectivity index (χ0) is 21.4. The number of carbonyl (C=O) groups is 2. The Balaban J connectivity index is 0.00000326. The molecular weight excluding hydrogens is 348 g/mol. The number of hydrogen-bond acceptors (Lipinski definition) is 6. The highest BCUT2D eigenvalue weighted by Gasteiger charge is 2.25. The number of aliphatic hydroxyl groups is 1. The van der Waals surface area contributed by atoms with Crippen molar-refractivity contribution in [3.05, 3.63) is 23.4 Å². The zero-order valence-corrected chi connectivity index (χ0v) is 18.0. The van der Waals surface area contributed by atoms with Crippen LogP contribution >= 0.6 is 0 Å². The summed E-state index contributed by atoms with van der Waals surface area (Å²) in [6.45, 7) is 16.2. The number of pyridine rings is 1. The van der Waals surface area contributed by atoms with Crippen LogP contribution in [0.1, 0.15) is 79.0 Å². The van der Waals surface area contributed by atoms with Gasteiger partial charge in [0.1, 0.15) is 17.0 Å². The molecule has 2 N–H and O–H groups in total. The third kappa shape index (κ3) is 9.94. The van der Waals surface area contributed by atoms with Crippen molar-refractivity contribution in [1.29, 1.82) is 0 Å². The van der Waals surface area contributed by atoms with Crippen LogP contribution in [0.3, 0.4) is 0 Å². The van der Waals surface area contributed by atoms with Gasteiger partial charge in [0.15, 0.2) is 0 Å². The number of aromatic nitrogens is 1. The van der Waals surface area contributed by atoms with Crippen molar-refractivity contribution in [2.24, 2.45) is 0 Å². The molecule has 0 aliphatic rings. The molecule has 0 radical (unpaired) electrons. The fraction of sp³-hybridized carbons (Fsp3) is 0.650. The summed E-state index contributed by atoms with van der Waals surface area (Å²) >= 11 is 0. The minimum Gasteiger partial charge on any atom is -0.460 e. The first-order valence-corrected chi connectivity index (χ1v) is 9.14. The highest BCUT2D eigenvalue weighted by Crippen LogP contribution is 2.28. The lowest BCUT2D eigenvalue weighted by molar-refractivity contribution is -0.157. The van der Waals surface area contributed by atoms with E-state index in [1.807, 2.05) is 13.8 Å². The van der Waals surface area contributed by atoms with E-state index < -0.39 is 29.4 Å². The molecule has 1 aromatic rings. The van der Waals surface area contributed by atoms with Gasteiger partial charge in [0.25, 0.3) is 0 Å². The lowest BCUT2D eigenvalue weighted by Gasteiger charge is -2.23. The molecule has 0 spiro atoms. The number of nitrogens with one attached hydrogen (secondary N) is 1. The van der Waals surface area contributed by atoms with E-state index >= 15 is 0 Å². The first-order valence-electron chi connectivity index (χ1n) is 9.14. The average Bonchev–Trinajstić information content (AvgIpc) is 2.44. The minimum atomic E-state index is -1.16. The molecule has 0 fully saturated rings. The summed E-state index contributed by atoms with van der Waals surface area (Å²) in [5.74, 6) is -0.378. The molecule has 0 aliphatic carbocycles. The second-order valence-corrected chi connectivity index (χ2v) is 7.82. The first kappa shape index (κ1) is 24.8. The molecule has 0 saturated heterocycles. The molecule has 0 saturated carbocycles. The fourth-order valence-electron chi connectivity index (χ4n) is 2.13. The minimum absolute atomic E-state index is 0.158. The molecule has 7 heteroatoms. The largest absolute Gasteiger partial charge is 0.460 e. The molecule has 1 rings (SSSR count). The van der Waals surface area contributed by atoms with Crippen LogP contribution in [0.2, 0.25) is 0 Å². The lowest BCUT2D eigenvalue weighted by atomic mass is 10.0. The SMILES string of the molecule is CC.Cc1ccnc(NC(=O)OC(C)(C)C)c1C(O)CC(=O)OC(C)(C)C. The molecule has 1 unspecified atom stereocenters. The van der Waals surface area contributed by atoms with Crippen molar-refractivity contribution in [3.63, 3.8) is 0 Å². The van der Waals surface area contributed by atoms with Gasteiger partial charge in [-0.05, 0) is 60.1 Å². The van der Waals surface area contributed by atoms with Crippen LogP contribution in [0.25, 0.3) is 0 Å². The van der Waals surface area contributed by atoms with Crippen LogP contribution in [-0.2, 0) is 14.3 Å². The van der Waals surface area contributed by atoms with E-state index in [0.717, 1.165) is 0 Å². The van der Waals surface area contributed by atoms with Crippen LogP contribution in [0.4, 0.5) is 10.6 Å². The second kappa shape index (κ2) is 10.3.